The fourth-order valence-corrected chi connectivity index (χ4v) is 2.46. The number of nitrogens with one attached hydrogen (secondary N) is 1. The Labute approximate surface area is 94.2 Å². The van der Waals surface area contributed by atoms with Gasteiger partial charge in [0.1, 0.15) is 6.04 Å². The maximum Gasteiger partial charge on any atom is 0.321 e. The zero-order valence-corrected chi connectivity index (χ0v) is 9.79. The van der Waals surface area contributed by atoms with Crippen LogP contribution in [0.1, 0.15) is 13.8 Å². The van der Waals surface area contributed by atoms with Crippen molar-refractivity contribution in [1.82, 2.24) is 5.32 Å². The molecular formula is C8H13NNaO2. The summed E-state index contributed by atoms with van der Waals surface area (Å²) < 4.78 is 0. The summed E-state index contributed by atoms with van der Waals surface area (Å²) in [6.45, 7) is 5.19. The van der Waals surface area contributed by atoms with Crippen molar-refractivity contribution in [3.8, 4) is 0 Å². The van der Waals surface area contributed by atoms with Crippen molar-refractivity contribution in [2.75, 3.05) is 6.54 Å². The van der Waals surface area contributed by atoms with E-state index in [1.165, 1.54) is 0 Å². The predicted octanol–water partition coefficient (Wildman–Crippen LogP) is -0.0658. The molecule has 1 radical (unpaired) electrons. The number of fused-ring (bicyclic) bond motifs is 1. The van der Waals surface area contributed by atoms with E-state index in [9.17, 15) is 4.79 Å². The first-order chi connectivity index (χ1) is 5.05. The van der Waals surface area contributed by atoms with Crippen molar-refractivity contribution < 1.29 is 9.90 Å². The van der Waals surface area contributed by atoms with Gasteiger partial charge in [-0.15, -0.1) is 0 Å². The fourth-order valence-electron chi connectivity index (χ4n) is 2.46. The van der Waals surface area contributed by atoms with Crippen LogP contribution >= 0.6 is 0 Å². The van der Waals surface area contributed by atoms with Crippen molar-refractivity contribution >= 4 is 35.5 Å². The maximum absolute atomic E-state index is 10.7. The Hall–Kier alpha value is 0.430. The van der Waals surface area contributed by atoms with Crippen molar-refractivity contribution in [3.63, 3.8) is 0 Å². The van der Waals surface area contributed by atoms with E-state index in [4.69, 9.17) is 5.11 Å². The summed E-state index contributed by atoms with van der Waals surface area (Å²) in [4.78, 5) is 10.7. The van der Waals surface area contributed by atoms with Gasteiger partial charge in [0.2, 0.25) is 0 Å². The van der Waals surface area contributed by atoms with E-state index in [0.29, 0.717) is 11.8 Å². The molecule has 2 aliphatic rings. The molecule has 12 heavy (non-hydrogen) atoms. The summed E-state index contributed by atoms with van der Waals surface area (Å²) in [5.74, 6) is 0.284. The topological polar surface area (TPSA) is 49.3 Å². The Morgan fingerprint density at radius 1 is 1.58 bits per heavy atom. The molecule has 0 aromatic carbocycles. The quantitative estimate of drug-likeness (QED) is 0.553. The molecule has 1 aliphatic carbocycles. The van der Waals surface area contributed by atoms with E-state index in [2.05, 4.69) is 19.2 Å². The molecule has 0 bridgehead atoms. The molecule has 3 nitrogen and oxygen atoms in total. The third-order valence-corrected chi connectivity index (χ3v) is 3.32. The van der Waals surface area contributed by atoms with Crippen LogP contribution in [0.5, 0.6) is 0 Å². The number of carboxylic acids is 1. The number of rotatable bonds is 1. The molecule has 0 unspecified atom stereocenters. The van der Waals surface area contributed by atoms with E-state index < -0.39 is 5.97 Å². The van der Waals surface area contributed by atoms with Gasteiger partial charge in [0.25, 0.3) is 0 Å². The molecule has 1 aliphatic heterocycles. The number of carbonyl (C=O) groups is 1. The van der Waals surface area contributed by atoms with Crippen LogP contribution in [0.15, 0.2) is 0 Å². The first-order valence-electron chi connectivity index (χ1n) is 4.01. The third kappa shape index (κ3) is 1.23. The van der Waals surface area contributed by atoms with E-state index in [1.807, 2.05) is 0 Å². The van der Waals surface area contributed by atoms with E-state index in [-0.39, 0.29) is 41.0 Å². The van der Waals surface area contributed by atoms with Gasteiger partial charge in [0.15, 0.2) is 0 Å². The van der Waals surface area contributed by atoms with Crippen molar-refractivity contribution in [2.45, 2.75) is 19.9 Å². The molecule has 0 aromatic rings. The third-order valence-electron chi connectivity index (χ3n) is 3.32. The Bertz CT molecular complexity index is 217. The Kier molecular flexibility index (Phi) is 2.61. The molecule has 0 aromatic heterocycles. The summed E-state index contributed by atoms with van der Waals surface area (Å²) in [5, 5.41) is 11.8. The van der Waals surface area contributed by atoms with Crippen LogP contribution < -0.4 is 5.32 Å². The maximum atomic E-state index is 10.7. The molecule has 0 spiro atoms. The van der Waals surface area contributed by atoms with Crippen LogP contribution in [0.4, 0.5) is 0 Å². The molecular weight excluding hydrogens is 165 g/mol. The molecule has 4 heteroatoms. The predicted molar refractivity (Wildman–Crippen MR) is 45.9 cm³/mol. The van der Waals surface area contributed by atoms with Crippen molar-refractivity contribution in [3.05, 3.63) is 0 Å². The largest absolute Gasteiger partial charge is 0.480 e. The summed E-state index contributed by atoms with van der Waals surface area (Å²) >= 11 is 0. The van der Waals surface area contributed by atoms with E-state index in [0.717, 1.165) is 6.54 Å². The van der Waals surface area contributed by atoms with Gasteiger partial charge in [-0.1, -0.05) is 13.8 Å². The van der Waals surface area contributed by atoms with Crippen LogP contribution in [-0.2, 0) is 4.79 Å². The van der Waals surface area contributed by atoms with Gasteiger partial charge in [-0.2, -0.15) is 0 Å². The number of aliphatic carboxylic acids is 1. The molecule has 2 fully saturated rings. The average Bonchev–Trinajstić information content (AvgIpc) is 2.34. The van der Waals surface area contributed by atoms with Gasteiger partial charge in [-0.05, 0) is 23.8 Å². The van der Waals surface area contributed by atoms with Crippen LogP contribution in [0.25, 0.3) is 0 Å². The van der Waals surface area contributed by atoms with Gasteiger partial charge < -0.3 is 10.4 Å². The van der Waals surface area contributed by atoms with Crippen LogP contribution in [0, 0.1) is 17.3 Å². The minimum Gasteiger partial charge on any atom is -0.480 e. The number of carboxylic acid groups (broad SMARTS) is 1. The molecule has 1 saturated carbocycles. The number of hydrogen-bond donors (Lipinski definition) is 2. The minimum atomic E-state index is -0.692. The summed E-state index contributed by atoms with van der Waals surface area (Å²) in [5.41, 5.74) is 0.272. The van der Waals surface area contributed by atoms with Gasteiger partial charge in [0.05, 0.1) is 0 Å². The molecule has 0 amide bonds. The van der Waals surface area contributed by atoms with E-state index in [1.54, 1.807) is 0 Å². The summed E-state index contributed by atoms with van der Waals surface area (Å²) in [6, 6.07) is -0.282. The Balaban J connectivity index is 0.000000720. The second-order valence-corrected chi connectivity index (χ2v) is 4.18. The Morgan fingerprint density at radius 3 is 2.42 bits per heavy atom. The number of piperidine rings is 1. The monoisotopic (exact) mass is 178 g/mol. The Morgan fingerprint density at radius 2 is 2.17 bits per heavy atom. The van der Waals surface area contributed by atoms with Gasteiger partial charge in [0, 0.05) is 29.6 Å². The molecule has 1 heterocycles. The standard InChI is InChI=1S/C8H13NO2.Na/c1-8(2)4-3-9-6(5(4)8)7(10)11;/h4-6,9H,3H2,1-2H3,(H,10,11);/t4-,5-,6-;/m0./s1. The van der Waals surface area contributed by atoms with Crippen LogP contribution in [-0.4, -0.2) is 53.2 Å². The fraction of sp³-hybridized carbons (Fsp3) is 0.875. The molecule has 3 atom stereocenters. The number of hydrogen-bond acceptors (Lipinski definition) is 2. The molecule has 2 rings (SSSR count). The zero-order valence-electron chi connectivity index (χ0n) is 7.79. The first kappa shape index (κ1) is 10.5. The molecule has 2 N–H and O–H groups in total. The van der Waals surface area contributed by atoms with Crippen molar-refractivity contribution in [1.29, 1.82) is 0 Å². The average molecular weight is 178 g/mol. The zero-order chi connectivity index (χ0) is 8.22. The van der Waals surface area contributed by atoms with Gasteiger partial charge in [-0.25, -0.2) is 0 Å². The van der Waals surface area contributed by atoms with Crippen molar-refractivity contribution in [2.24, 2.45) is 17.3 Å². The minimum absolute atomic E-state index is 0. The normalized spacial score (nSPS) is 41.3. The molecule has 1 saturated heterocycles. The molecule has 63 valence electrons. The van der Waals surface area contributed by atoms with Gasteiger partial charge in [-0.3, -0.25) is 4.79 Å². The van der Waals surface area contributed by atoms with Crippen LogP contribution in [0.3, 0.4) is 0 Å². The van der Waals surface area contributed by atoms with Gasteiger partial charge >= 0.3 is 5.97 Å². The summed E-state index contributed by atoms with van der Waals surface area (Å²) in [6.07, 6.45) is 0. The SMILES string of the molecule is CC1(C)[C@@H]2[C@@H](C(=O)O)NC[C@@H]21.[Na]. The smallest absolute Gasteiger partial charge is 0.321 e. The van der Waals surface area contributed by atoms with E-state index >= 15 is 0 Å². The summed E-state index contributed by atoms with van der Waals surface area (Å²) in [7, 11) is 0. The second kappa shape index (κ2) is 2.98. The first-order valence-corrected chi connectivity index (χ1v) is 4.01. The second-order valence-electron chi connectivity index (χ2n) is 4.18. The van der Waals surface area contributed by atoms with Crippen LogP contribution in [0.2, 0.25) is 0 Å².